The Labute approximate surface area is 240 Å². The van der Waals surface area contributed by atoms with E-state index in [4.69, 9.17) is 21.6 Å². The van der Waals surface area contributed by atoms with Gasteiger partial charge in [0.15, 0.2) is 5.78 Å². The molecule has 1 saturated heterocycles. The summed E-state index contributed by atoms with van der Waals surface area (Å²) in [6.07, 6.45) is 1.36. The second-order valence-corrected chi connectivity index (χ2v) is 10.0. The van der Waals surface area contributed by atoms with Crippen LogP contribution in [0.15, 0.2) is 78.9 Å². The Balaban J connectivity index is 0.00000441. The number of benzene rings is 3. The fourth-order valence-corrected chi connectivity index (χ4v) is 5.43. The summed E-state index contributed by atoms with van der Waals surface area (Å²) < 4.78 is 5.01. The van der Waals surface area contributed by atoms with Crippen LogP contribution in [0, 0.1) is 16.7 Å². The molecule has 1 unspecified atom stereocenters. The van der Waals surface area contributed by atoms with E-state index in [0.717, 1.165) is 23.1 Å². The largest absolute Gasteiger partial charge is 0.468 e. The van der Waals surface area contributed by atoms with Crippen molar-refractivity contribution in [1.82, 2.24) is 4.90 Å². The highest BCUT2D eigenvalue weighted by molar-refractivity contribution is 6.11. The Morgan fingerprint density at radius 1 is 0.950 bits per heavy atom. The number of carbonyl (C=O) groups is 3. The standard InChI is InChI=1S/C31H34N4O4.ClH/c1-31(30(38)39-2)25(19-32)26(35(29(31)37)18-6-9-20-7-4-3-5-8-20)27(36)23-14-10-21(11-15-23)22-12-16-24(17-13-22)28(33)34;/h3-5,7-8,10-17,25-26H,6,9,18-19,32H2,1-2H3,(H3,33,34);1H/t25?,26-,31-;/m0./s1. The number of hydrogen-bond donors (Lipinski definition) is 3. The van der Waals surface area contributed by atoms with Crippen LogP contribution in [0.25, 0.3) is 11.1 Å². The zero-order valence-corrected chi connectivity index (χ0v) is 23.4. The molecule has 3 atom stereocenters. The number of nitrogen functional groups attached to an aromatic ring is 1. The molecule has 0 aromatic heterocycles. The Morgan fingerprint density at radius 3 is 2.00 bits per heavy atom. The molecule has 5 N–H and O–H groups in total. The average Bonchev–Trinajstić information content (AvgIpc) is 3.19. The number of amides is 1. The van der Waals surface area contributed by atoms with E-state index in [-0.39, 0.29) is 30.6 Å². The quantitative estimate of drug-likeness (QED) is 0.113. The number of nitrogens with zero attached hydrogens (tertiary/aromatic N) is 1. The van der Waals surface area contributed by atoms with Crippen LogP contribution in [-0.4, -0.2) is 54.6 Å². The van der Waals surface area contributed by atoms with E-state index in [1.165, 1.54) is 18.9 Å². The van der Waals surface area contributed by atoms with E-state index in [0.29, 0.717) is 24.1 Å². The van der Waals surface area contributed by atoms with Crippen molar-refractivity contribution in [2.75, 3.05) is 20.2 Å². The number of amidine groups is 1. The topological polar surface area (TPSA) is 140 Å². The smallest absolute Gasteiger partial charge is 0.321 e. The molecule has 8 nitrogen and oxygen atoms in total. The number of carbonyl (C=O) groups excluding carboxylic acids is 3. The number of nitrogens with one attached hydrogen (secondary N) is 1. The number of aryl methyl sites for hydroxylation is 1. The fraction of sp³-hybridized carbons (Fsp3) is 0.290. The predicted octanol–water partition coefficient (Wildman–Crippen LogP) is 3.84. The van der Waals surface area contributed by atoms with Crippen molar-refractivity contribution in [2.45, 2.75) is 25.8 Å². The van der Waals surface area contributed by atoms with Crippen molar-refractivity contribution < 1.29 is 19.1 Å². The van der Waals surface area contributed by atoms with Crippen molar-refractivity contribution in [3.05, 3.63) is 95.6 Å². The van der Waals surface area contributed by atoms with Gasteiger partial charge in [0, 0.05) is 23.6 Å². The highest BCUT2D eigenvalue weighted by atomic mass is 35.5. The van der Waals surface area contributed by atoms with Gasteiger partial charge in [-0.05, 0) is 43.0 Å². The first-order valence-electron chi connectivity index (χ1n) is 12.9. The molecule has 1 aliphatic rings. The van der Waals surface area contributed by atoms with Gasteiger partial charge in [-0.15, -0.1) is 12.4 Å². The van der Waals surface area contributed by atoms with Crippen molar-refractivity contribution in [1.29, 1.82) is 5.41 Å². The molecule has 1 fully saturated rings. The molecule has 1 amide bonds. The molecular weight excluding hydrogens is 528 g/mol. The number of hydrogen-bond acceptors (Lipinski definition) is 6. The molecule has 0 spiro atoms. The third kappa shape index (κ3) is 5.78. The van der Waals surface area contributed by atoms with Crippen molar-refractivity contribution >= 4 is 35.9 Å². The van der Waals surface area contributed by atoms with Gasteiger partial charge in [-0.3, -0.25) is 19.8 Å². The lowest BCUT2D eigenvalue weighted by Gasteiger charge is -2.28. The summed E-state index contributed by atoms with van der Waals surface area (Å²) in [4.78, 5) is 42.0. The van der Waals surface area contributed by atoms with Crippen LogP contribution in [0.4, 0.5) is 0 Å². The van der Waals surface area contributed by atoms with E-state index < -0.39 is 29.3 Å². The number of ether oxygens (including phenoxy) is 1. The van der Waals surface area contributed by atoms with Crippen molar-refractivity contribution in [2.24, 2.45) is 22.8 Å². The molecule has 1 aliphatic heterocycles. The SMILES string of the molecule is COC(=O)[C@]1(C)C(=O)N(CCCc2ccccc2)[C@H](C(=O)c2ccc(-c3ccc(C(=N)N)cc3)cc2)C1CN.Cl. The fourth-order valence-electron chi connectivity index (χ4n) is 5.43. The van der Waals surface area contributed by atoms with Crippen LogP contribution in [0.1, 0.15) is 34.8 Å². The van der Waals surface area contributed by atoms with Gasteiger partial charge < -0.3 is 21.1 Å². The van der Waals surface area contributed by atoms with Crippen LogP contribution in [-0.2, 0) is 20.7 Å². The van der Waals surface area contributed by atoms with E-state index >= 15 is 0 Å². The van der Waals surface area contributed by atoms with Crippen LogP contribution in [0.5, 0.6) is 0 Å². The Hall–Kier alpha value is -4.01. The third-order valence-electron chi connectivity index (χ3n) is 7.70. The lowest BCUT2D eigenvalue weighted by atomic mass is 9.75. The molecule has 40 heavy (non-hydrogen) atoms. The number of nitrogens with two attached hydrogens (primary N) is 2. The summed E-state index contributed by atoms with van der Waals surface area (Å²) in [5, 5.41) is 7.56. The molecule has 3 aromatic carbocycles. The van der Waals surface area contributed by atoms with Gasteiger partial charge in [0.1, 0.15) is 17.3 Å². The van der Waals surface area contributed by atoms with Gasteiger partial charge in [0.2, 0.25) is 5.91 Å². The van der Waals surface area contributed by atoms with E-state index in [2.05, 4.69) is 0 Å². The van der Waals surface area contributed by atoms with Crippen LogP contribution in [0.2, 0.25) is 0 Å². The molecule has 1 heterocycles. The molecule has 210 valence electrons. The summed E-state index contributed by atoms with van der Waals surface area (Å²) in [6, 6.07) is 23.4. The highest BCUT2D eigenvalue weighted by Crippen LogP contribution is 2.43. The monoisotopic (exact) mass is 562 g/mol. The predicted molar refractivity (Wildman–Crippen MR) is 157 cm³/mol. The maximum absolute atomic E-state index is 13.9. The lowest BCUT2D eigenvalue weighted by Crippen LogP contribution is -2.45. The van der Waals surface area contributed by atoms with Gasteiger partial charge in [-0.2, -0.15) is 0 Å². The summed E-state index contributed by atoms with van der Waals surface area (Å²) >= 11 is 0. The first-order valence-corrected chi connectivity index (χ1v) is 12.9. The number of Topliss-reactive ketones (excluding diaryl/α,β-unsaturated/α-hetero) is 1. The maximum atomic E-state index is 13.9. The average molecular weight is 563 g/mol. The zero-order valence-electron chi connectivity index (χ0n) is 22.6. The van der Waals surface area contributed by atoms with Gasteiger partial charge in [-0.1, -0.05) is 78.9 Å². The molecule has 0 aliphatic carbocycles. The molecule has 0 bridgehead atoms. The Morgan fingerprint density at radius 2 is 1.50 bits per heavy atom. The summed E-state index contributed by atoms with van der Waals surface area (Å²) in [5.41, 5.74) is 14.1. The van der Waals surface area contributed by atoms with Gasteiger partial charge >= 0.3 is 5.97 Å². The molecule has 0 saturated carbocycles. The second kappa shape index (κ2) is 12.9. The van der Waals surface area contributed by atoms with Crippen LogP contribution in [0.3, 0.4) is 0 Å². The number of methoxy groups -OCH3 is 1. The highest BCUT2D eigenvalue weighted by Gasteiger charge is 2.62. The minimum atomic E-state index is -1.55. The minimum Gasteiger partial charge on any atom is -0.468 e. The number of esters is 1. The molecule has 0 radical (unpaired) electrons. The maximum Gasteiger partial charge on any atom is 0.321 e. The first-order chi connectivity index (χ1) is 18.7. The zero-order chi connectivity index (χ0) is 28.2. The number of halogens is 1. The van der Waals surface area contributed by atoms with Crippen molar-refractivity contribution in [3.63, 3.8) is 0 Å². The van der Waals surface area contributed by atoms with Crippen LogP contribution < -0.4 is 11.5 Å². The van der Waals surface area contributed by atoms with E-state index in [1.54, 1.807) is 24.3 Å². The van der Waals surface area contributed by atoms with Gasteiger partial charge in [0.05, 0.1) is 7.11 Å². The number of likely N-dealkylation sites (tertiary alicyclic amines) is 1. The first kappa shape index (κ1) is 30.5. The summed E-state index contributed by atoms with van der Waals surface area (Å²) in [6.45, 7) is 1.82. The molecular formula is C31H35ClN4O4. The van der Waals surface area contributed by atoms with Crippen molar-refractivity contribution in [3.8, 4) is 11.1 Å². The molecule has 3 aromatic rings. The normalized spacial score (nSPS) is 20.1. The van der Waals surface area contributed by atoms with E-state index in [9.17, 15) is 14.4 Å². The lowest BCUT2D eigenvalue weighted by molar-refractivity contribution is -0.159. The summed E-state index contributed by atoms with van der Waals surface area (Å²) in [5.74, 6) is -2.12. The number of rotatable bonds is 10. The number of ketones is 1. The Kier molecular flexibility index (Phi) is 9.84. The minimum absolute atomic E-state index is 0. The van der Waals surface area contributed by atoms with E-state index in [1.807, 2.05) is 54.6 Å². The Bertz CT molecular complexity index is 1360. The van der Waals surface area contributed by atoms with Gasteiger partial charge in [-0.25, -0.2) is 0 Å². The van der Waals surface area contributed by atoms with Gasteiger partial charge in [0.25, 0.3) is 0 Å². The summed E-state index contributed by atoms with van der Waals surface area (Å²) in [7, 11) is 1.24. The third-order valence-corrected chi connectivity index (χ3v) is 7.70. The molecule has 4 rings (SSSR count). The second-order valence-electron chi connectivity index (χ2n) is 10.0. The van der Waals surface area contributed by atoms with Crippen LogP contribution >= 0.6 is 12.4 Å². The molecule has 9 heteroatoms.